The molecule has 3 nitrogen and oxygen atoms in total. The van der Waals surface area contributed by atoms with Crippen LogP contribution in [0.5, 0.6) is 0 Å². The summed E-state index contributed by atoms with van der Waals surface area (Å²) >= 11 is 5.14. The number of aryl methyl sites for hydroxylation is 1. The molecule has 20 heavy (non-hydrogen) atoms. The highest BCUT2D eigenvalue weighted by atomic mass is 32.1. The first-order valence-corrected chi connectivity index (χ1v) is 7.40. The first-order valence-electron chi connectivity index (χ1n) is 7.00. The molecule has 2 N–H and O–H groups in total. The third-order valence-corrected chi connectivity index (χ3v) is 3.65. The summed E-state index contributed by atoms with van der Waals surface area (Å²) in [4.78, 5) is 11.7. The van der Waals surface area contributed by atoms with Gasteiger partial charge in [-0.25, -0.2) is 0 Å². The maximum absolute atomic E-state index is 11.7. The zero-order chi connectivity index (χ0) is 14.4. The highest BCUT2D eigenvalue weighted by molar-refractivity contribution is 7.80. The minimum atomic E-state index is -0.193. The van der Waals surface area contributed by atoms with Gasteiger partial charge in [-0.2, -0.15) is 0 Å². The van der Waals surface area contributed by atoms with Crippen LogP contribution in [0.3, 0.4) is 0 Å². The van der Waals surface area contributed by atoms with Crippen LogP contribution in [-0.2, 0) is 4.79 Å². The molecule has 1 aromatic rings. The lowest BCUT2D eigenvalue weighted by molar-refractivity contribution is -0.115. The molecule has 0 spiro atoms. The summed E-state index contributed by atoms with van der Waals surface area (Å²) in [6, 6.07) is 8.42. The molecule has 0 bridgehead atoms. The second-order valence-electron chi connectivity index (χ2n) is 5.19. The fourth-order valence-electron chi connectivity index (χ4n) is 2.29. The van der Waals surface area contributed by atoms with Crippen molar-refractivity contribution in [2.75, 3.05) is 0 Å². The van der Waals surface area contributed by atoms with Crippen molar-refractivity contribution < 1.29 is 4.79 Å². The van der Waals surface area contributed by atoms with Crippen LogP contribution in [0.2, 0.25) is 0 Å². The smallest absolute Gasteiger partial charge is 0.250 e. The Morgan fingerprint density at radius 3 is 2.55 bits per heavy atom. The lowest BCUT2D eigenvalue weighted by atomic mass is 10.1. The Hall–Kier alpha value is -1.68. The van der Waals surface area contributed by atoms with E-state index in [0.29, 0.717) is 11.2 Å². The van der Waals surface area contributed by atoms with E-state index in [-0.39, 0.29) is 5.91 Å². The van der Waals surface area contributed by atoms with Crippen molar-refractivity contribution in [2.24, 2.45) is 0 Å². The summed E-state index contributed by atoms with van der Waals surface area (Å²) in [5.41, 5.74) is 2.20. The van der Waals surface area contributed by atoms with Gasteiger partial charge in [0.2, 0.25) is 5.91 Å². The molecule has 4 heteroatoms. The maximum Gasteiger partial charge on any atom is 0.250 e. The normalized spacial score (nSPS) is 15.4. The van der Waals surface area contributed by atoms with Gasteiger partial charge in [-0.15, -0.1) is 0 Å². The van der Waals surface area contributed by atoms with E-state index in [2.05, 4.69) is 10.6 Å². The van der Waals surface area contributed by atoms with Gasteiger partial charge in [-0.05, 0) is 43.6 Å². The fourth-order valence-corrected chi connectivity index (χ4v) is 2.56. The maximum atomic E-state index is 11.7. The van der Waals surface area contributed by atoms with Gasteiger partial charge in [0.25, 0.3) is 0 Å². The van der Waals surface area contributed by atoms with Gasteiger partial charge in [0.1, 0.15) is 0 Å². The monoisotopic (exact) mass is 288 g/mol. The molecular weight excluding hydrogens is 268 g/mol. The Bertz CT molecular complexity index is 502. The average Bonchev–Trinajstić information content (AvgIpc) is 2.90. The van der Waals surface area contributed by atoms with Crippen molar-refractivity contribution in [1.29, 1.82) is 0 Å². The van der Waals surface area contributed by atoms with Crippen LogP contribution in [0.25, 0.3) is 6.08 Å². The number of carbonyl (C=O) groups is 1. The van der Waals surface area contributed by atoms with Gasteiger partial charge in [-0.1, -0.05) is 42.7 Å². The number of rotatable bonds is 3. The van der Waals surface area contributed by atoms with E-state index >= 15 is 0 Å². The topological polar surface area (TPSA) is 41.1 Å². The van der Waals surface area contributed by atoms with Crippen LogP contribution in [0.1, 0.15) is 36.8 Å². The standard InChI is InChI=1S/C16H20N2OS/c1-12-6-8-13(9-7-12)10-11-15(19)18-16(20)17-14-4-2-3-5-14/h6-11,14H,2-5H2,1H3,(H2,17,18,19,20)/b11-10+. The van der Waals surface area contributed by atoms with Gasteiger partial charge in [0.05, 0.1) is 0 Å². The van der Waals surface area contributed by atoms with Crippen molar-refractivity contribution >= 4 is 29.3 Å². The minimum Gasteiger partial charge on any atom is -0.360 e. The van der Waals surface area contributed by atoms with Crippen LogP contribution in [0.15, 0.2) is 30.3 Å². The number of nitrogens with one attached hydrogen (secondary N) is 2. The Kier molecular flexibility index (Phi) is 5.30. The molecule has 1 aromatic carbocycles. The van der Waals surface area contributed by atoms with Crippen molar-refractivity contribution in [3.05, 3.63) is 41.5 Å². The van der Waals surface area contributed by atoms with Crippen molar-refractivity contribution in [3.8, 4) is 0 Å². The van der Waals surface area contributed by atoms with Crippen molar-refractivity contribution in [2.45, 2.75) is 38.6 Å². The molecule has 0 unspecified atom stereocenters. The molecular formula is C16H20N2OS. The second-order valence-corrected chi connectivity index (χ2v) is 5.60. The van der Waals surface area contributed by atoms with E-state index in [1.54, 1.807) is 6.08 Å². The number of benzene rings is 1. The molecule has 0 heterocycles. The van der Waals surface area contributed by atoms with Crippen LogP contribution in [-0.4, -0.2) is 17.1 Å². The SMILES string of the molecule is Cc1ccc(/C=C/C(=O)NC(=S)NC2CCCC2)cc1. The third-order valence-electron chi connectivity index (χ3n) is 3.43. The molecule has 1 amide bonds. The summed E-state index contributed by atoms with van der Waals surface area (Å²) in [6.45, 7) is 2.04. The third kappa shape index (κ3) is 4.78. The average molecular weight is 288 g/mol. The molecule has 106 valence electrons. The Morgan fingerprint density at radius 1 is 1.25 bits per heavy atom. The molecule has 0 saturated heterocycles. The number of thiocarbonyl (C=S) groups is 1. The van der Waals surface area contributed by atoms with Gasteiger partial charge < -0.3 is 5.32 Å². The number of amides is 1. The molecule has 1 aliphatic rings. The highest BCUT2D eigenvalue weighted by Crippen LogP contribution is 2.17. The predicted molar refractivity (Wildman–Crippen MR) is 86.3 cm³/mol. The van der Waals surface area contributed by atoms with Crippen LogP contribution < -0.4 is 10.6 Å². The summed E-state index contributed by atoms with van der Waals surface area (Å²) in [5.74, 6) is -0.193. The summed E-state index contributed by atoms with van der Waals surface area (Å²) in [6.07, 6.45) is 8.04. The van der Waals surface area contributed by atoms with E-state index in [0.717, 1.165) is 18.4 Å². The Labute approximate surface area is 125 Å². The van der Waals surface area contributed by atoms with E-state index in [1.165, 1.54) is 24.5 Å². The summed E-state index contributed by atoms with van der Waals surface area (Å²) in [7, 11) is 0. The van der Waals surface area contributed by atoms with Gasteiger partial charge in [-0.3, -0.25) is 10.1 Å². The fraction of sp³-hybridized carbons (Fsp3) is 0.375. The predicted octanol–water partition coefficient (Wildman–Crippen LogP) is 2.94. The first-order chi connectivity index (χ1) is 9.63. The number of hydrogen-bond donors (Lipinski definition) is 2. The number of hydrogen-bond acceptors (Lipinski definition) is 2. The van der Waals surface area contributed by atoms with Crippen LogP contribution >= 0.6 is 12.2 Å². The van der Waals surface area contributed by atoms with Gasteiger partial charge in [0, 0.05) is 12.1 Å². The van der Waals surface area contributed by atoms with E-state index in [1.807, 2.05) is 31.2 Å². The van der Waals surface area contributed by atoms with E-state index in [4.69, 9.17) is 12.2 Å². The quantitative estimate of drug-likeness (QED) is 0.664. The Morgan fingerprint density at radius 2 is 1.90 bits per heavy atom. The number of carbonyl (C=O) groups excluding carboxylic acids is 1. The second kappa shape index (κ2) is 7.20. The Balaban J connectivity index is 1.79. The molecule has 1 saturated carbocycles. The summed E-state index contributed by atoms with van der Waals surface area (Å²) in [5, 5.41) is 6.29. The van der Waals surface area contributed by atoms with E-state index in [9.17, 15) is 4.79 Å². The largest absolute Gasteiger partial charge is 0.360 e. The molecule has 2 rings (SSSR count). The lowest BCUT2D eigenvalue weighted by Crippen LogP contribution is -2.42. The van der Waals surface area contributed by atoms with Gasteiger partial charge in [0.15, 0.2) is 5.11 Å². The highest BCUT2D eigenvalue weighted by Gasteiger charge is 2.15. The molecule has 0 atom stereocenters. The van der Waals surface area contributed by atoms with Crippen molar-refractivity contribution in [1.82, 2.24) is 10.6 Å². The van der Waals surface area contributed by atoms with Gasteiger partial charge >= 0.3 is 0 Å². The van der Waals surface area contributed by atoms with E-state index < -0.39 is 0 Å². The zero-order valence-electron chi connectivity index (χ0n) is 11.7. The molecule has 0 aromatic heterocycles. The zero-order valence-corrected chi connectivity index (χ0v) is 12.5. The van der Waals surface area contributed by atoms with Crippen LogP contribution in [0.4, 0.5) is 0 Å². The van der Waals surface area contributed by atoms with Crippen molar-refractivity contribution in [3.63, 3.8) is 0 Å². The molecule has 1 aliphatic carbocycles. The molecule has 1 fully saturated rings. The lowest BCUT2D eigenvalue weighted by Gasteiger charge is -2.13. The van der Waals surface area contributed by atoms with Crippen LogP contribution in [0, 0.1) is 6.92 Å². The minimum absolute atomic E-state index is 0.193. The molecule has 0 radical (unpaired) electrons. The molecule has 0 aliphatic heterocycles. The summed E-state index contributed by atoms with van der Waals surface area (Å²) < 4.78 is 0. The first kappa shape index (κ1) is 14.7.